The van der Waals surface area contributed by atoms with Gasteiger partial charge in [-0.25, -0.2) is 0 Å². The second-order valence-corrected chi connectivity index (χ2v) is 10.1. The number of hydrogen-bond donors (Lipinski definition) is 1. The Labute approximate surface area is 196 Å². The van der Waals surface area contributed by atoms with Crippen molar-refractivity contribution in [2.45, 2.75) is 32.2 Å². The lowest BCUT2D eigenvalue weighted by molar-refractivity contribution is 0.245. The molecule has 3 fully saturated rings. The summed E-state index contributed by atoms with van der Waals surface area (Å²) in [6, 6.07) is 17.7. The molecule has 168 valence electrons. The van der Waals surface area contributed by atoms with Crippen LogP contribution in [0, 0.1) is 16.7 Å². The molecule has 2 aromatic rings. The largest absolute Gasteiger partial charge is 0.371 e. The van der Waals surface area contributed by atoms with Gasteiger partial charge in [0.05, 0.1) is 10.6 Å². The summed E-state index contributed by atoms with van der Waals surface area (Å²) in [6.07, 6.45) is 3.66. The fourth-order valence-corrected chi connectivity index (χ4v) is 6.05. The number of benzene rings is 2. The van der Waals surface area contributed by atoms with E-state index in [1.807, 2.05) is 12.1 Å². The molecule has 0 radical (unpaired) electrons. The summed E-state index contributed by atoms with van der Waals surface area (Å²) >= 11 is 6.32. The van der Waals surface area contributed by atoms with Gasteiger partial charge >= 0.3 is 0 Å². The number of anilines is 3. The highest BCUT2D eigenvalue weighted by Crippen LogP contribution is 2.46. The maximum Gasteiger partial charge on any atom is 0.101 e. The predicted molar refractivity (Wildman–Crippen MR) is 133 cm³/mol. The number of rotatable bonds is 3. The molecule has 3 aliphatic heterocycles. The van der Waals surface area contributed by atoms with Crippen LogP contribution in [-0.2, 0) is 0 Å². The van der Waals surface area contributed by atoms with Gasteiger partial charge in [-0.15, -0.1) is 0 Å². The van der Waals surface area contributed by atoms with Crippen molar-refractivity contribution >= 4 is 28.7 Å². The van der Waals surface area contributed by atoms with Gasteiger partial charge in [0.2, 0.25) is 0 Å². The molecule has 0 saturated carbocycles. The summed E-state index contributed by atoms with van der Waals surface area (Å²) in [5, 5.41) is 13.1. The summed E-state index contributed by atoms with van der Waals surface area (Å²) in [6.45, 7) is 9.94. The minimum absolute atomic E-state index is 0.372. The number of nitrogens with one attached hydrogen (secondary N) is 1. The average molecular weight is 450 g/mol. The van der Waals surface area contributed by atoms with E-state index in [2.05, 4.69) is 63.3 Å². The highest BCUT2D eigenvalue weighted by atomic mass is 35.5. The third kappa shape index (κ3) is 4.14. The number of hydrogen-bond acceptors (Lipinski definition) is 5. The van der Waals surface area contributed by atoms with E-state index in [1.54, 1.807) is 0 Å². The first kappa shape index (κ1) is 21.4. The monoisotopic (exact) mass is 449 g/mol. The fourth-order valence-electron chi connectivity index (χ4n) is 5.84. The van der Waals surface area contributed by atoms with Crippen molar-refractivity contribution in [3.8, 4) is 6.07 Å². The molecule has 0 unspecified atom stereocenters. The lowest BCUT2D eigenvalue weighted by Gasteiger charge is -2.40. The van der Waals surface area contributed by atoms with Crippen molar-refractivity contribution in [1.82, 2.24) is 5.32 Å². The van der Waals surface area contributed by atoms with Gasteiger partial charge in [-0.2, -0.15) is 5.26 Å². The van der Waals surface area contributed by atoms with Gasteiger partial charge in [-0.1, -0.05) is 11.6 Å². The van der Waals surface area contributed by atoms with E-state index in [1.165, 1.54) is 30.6 Å². The number of piperazine rings is 1. The summed E-state index contributed by atoms with van der Waals surface area (Å²) in [5.41, 5.74) is 4.75. The Bertz CT molecular complexity index is 984. The molecule has 3 aliphatic rings. The van der Waals surface area contributed by atoms with Crippen LogP contribution >= 0.6 is 11.6 Å². The second kappa shape index (κ2) is 8.84. The number of halogens is 1. The molecule has 6 heteroatoms. The first-order valence-electron chi connectivity index (χ1n) is 11.8. The second-order valence-electron chi connectivity index (χ2n) is 9.70. The van der Waals surface area contributed by atoms with E-state index in [0.29, 0.717) is 22.0 Å². The molecular formula is C26H32ClN5. The molecule has 32 heavy (non-hydrogen) atoms. The Morgan fingerprint density at radius 1 is 0.938 bits per heavy atom. The highest BCUT2D eigenvalue weighted by molar-refractivity contribution is 6.32. The first-order chi connectivity index (χ1) is 15.6. The van der Waals surface area contributed by atoms with E-state index < -0.39 is 0 Å². The quantitative estimate of drug-likeness (QED) is 0.747. The van der Waals surface area contributed by atoms with Crippen molar-refractivity contribution in [1.29, 1.82) is 5.26 Å². The molecule has 5 nitrogen and oxygen atoms in total. The standard InChI is InChI=1S/C26H32ClN5/c1-20-17-26(19-32(20)24-3-2-21(18-28)25(27)16-24)8-12-30(13-9-26)22-4-6-23(7-5-22)31-14-10-29-11-15-31/h2-7,16,20,29H,8-15,17,19H2,1H3/t20-/m0/s1. The van der Waals surface area contributed by atoms with Crippen molar-refractivity contribution in [3.05, 3.63) is 53.1 Å². The van der Waals surface area contributed by atoms with Crippen molar-refractivity contribution in [2.75, 3.05) is 60.5 Å². The molecule has 0 aliphatic carbocycles. The summed E-state index contributed by atoms with van der Waals surface area (Å²) in [5.74, 6) is 0. The molecule has 0 aromatic heterocycles. The Kier molecular flexibility index (Phi) is 5.92. The minimum atomic E-state index is 0.372. The van der Waals surface area contributed by atoms with E-state index in [0.717, 1.165) is 51.5 Å². The van der Waals surface area contributed by atoms with Crippen LogP contribution in [0.2, 0.25) is 5.02 Å². The maximum absolute atomic E-state index is 9.17. The summed E-state index contributed by atoms with van der Waals surface area (Å²) in [4.78, 5) is 7.51. The molecule has 0 bridgehead atoms. The van der Waals surface area contributed by atoms with Crippen LogP contribution in [0.3, 0.4) is 0 Å². The SMILES string of the molecule is C[C@H]1CC2(CCN(c3ccc(N4CCNCC4)cc3)CC2)CN1c1ccc(C#N)c(Cl)c1. The van der Waals surface area contributed by atoms with Crippen LogP contribution in [0.5, 0.6) is 0 Å². The van der Waals surface area contributed by atoms with Crippen molar-refractivity contribution < 1.29 is 0 Å². The van der Waals surface area contributed by atoms with Gasteiger partial charge in [0, 0.05) is 68.9 Å². The molecule has 5 rings (SSSR count). The average Bonchev–Trinajstić information content (AvgIpc) is 3.15. The van der Waals surface area contributed by atoms with Crippen LogP contribution < -0.4 is 20.0 Å². The van der Waals surface area contributed by atoms with Gasteiger partial charge in [-0.3, -0.25) is 0 Å². The molecule has 3 saturated heterocycles. The summed E-state index contributed by atoms with van der Waals surface area (Å²) in [7, 11) is 0. The topological polar surface area (TPSA) is 45.5 Å². The van der Waals surface area contributed by atoms with Crippen LogP contribution in [-0.4, -0.2) is 51.9 Å². The maximum atomic E-state index is 9.17. The fraction of sp³-hybridized carbons (Fsp3) is 0.500. The van der Waals surface area contributed by atoms with Crippen LogP contribution in [0.15, 0.2) is 42.5 Å². The molecule has 1 atom stereocenters. The van der Waals surface area contributed by atoms with E-state index in [9.17, 15) is 0 Å². The molecule has 0 amide bonds. The number of nitrogens with zero attached hydrogens (tertiary/aromatic N) is 4. The molecular weight excluding hydrogens is 418 g/mol. The van der Waals surface area contributed by atoms with Crippen molar-refractivity contribution in [3.63, 3.8) is 0 Å². The number of piperidine rings is 1. The lowest BCUT2D eigenvalue weighted by atomic mass is 9.76. The highest BCUT2D eigenvalue weighted by Gasteiger charge is 2.44. The molecule has 1 N–H and O–H groups in total. The van der Waals surface area contributed by atoms with Crippen LogP contribution in [0.1, 0.15) is 31.7 Å². The molecule has 3 heterocycles. The third-order valence-electron chi connectivity index (χ3n) is 7.69. The zero-order chi connectivity index (χ0) is 22.1. The predicted octanol–water partition coefficient (Wildman–Crippen LogP) is 4.51. The van der Waals surface area contributed by atoms with E-state index in [4.69, 9.17) is 16.9 Å². The number of nitriles is 1. The van der Waals surface area contributed by atoms with E-state index in [-0.39, 0.29) is 0 Å². The van der Waals surface area contributed by atoms with Gasteiger partial charge in [0.15, 0.2) is 0 Å². The Balaban J connectivity index is 1.22. The van der Waals surface area contributed by atoms with Crippen molar-refractivity contribution in [2.24, 2.45) is 5.41 Å². The Hall–Kier alpha value is -2.42. The minimum Gasteiger partial charge on any atom is -0.371 e. The van der Waals surface area contributed by atoms with Gasteiger partial charge in [0.25, 0.3) is 0 Å². The zero-order valence-corrected chi connectivity index (χ0v) is 19.6. The van der Waals surface area contributed by atoms with Crippen LogP contribution in [0.4, 0.5) is 17.1 Å². The Morgan fingerprint density at radius 2 is 1.53 bits per heavy atom. The zero-order valence-electron chi connectivity index (χ0n) is 18.9. The smallest absolute Gasteiger partial charge is 0.101 e. The normalized spacial score (nSPS) is 22.9. The van der Waals surface area contributed by atoms with E-state index >= 15 is 0 Å². The third-order valence-corrected chi connectivity index (χ3v) is 8.00. The Morgan fingerprint density at radius 3 is 2.12 bits per heavy atom. The first-order valence-corrected chi connectivity index (χ1v) is 12.2. The van der Waals surface area contributed by atoms with Gasteiger partial charge in [0.1, 0.15) is 6.07 Å². The van der Waals surface area contributed by atoms with Gasteiger partial charge in [-0.05, 0) is 74.1 Å². The molecule has 1 spiro atoms. The van der Waals surface area contributed by atoms with Crippen LogP contribution in [0.25, 0.3) is 0 Å². The lowest BCUT2D eigenvalue weighted by Crippen LogP contribution is -2.43. The summed E-state index contributed by atoms with van der Waals surface area (Å²) < 4.78 is 0. The molecule has 2 aromatic carbocycles. The van der Waals surface area contributed by atoms with Gasteiger partial charge < -0.3 is 20.0 Å².